The van der Waals surface area contributed by atoms with Crippen LogP contribution in [0.4, 0.5) is 13.2 Å². The van der Waals surface area contributed by atoms with Crippen LogP contribution in [0.3, 0.4) is 0 Å². The van der Waals surface area contributed by atoms with Crippen molar-refractivity contribution in [2.45, 2.75) is 56.6 Å². The van der Waals surface area contributed by atoms with Crippen LogP contribution in [0.5, 0.6) is 5.75 Å². The van der Waals surface area contributed by atoms with E-state index in [4.69, 9.17) is 4.74 Å². The Labute approximate surface area is 197 Å². The predicted molar refractivity (Wildman–Crippen MR) is 119 cm³/mol. The van der Waals surface area contributed by atoms with E-state index in [1.165, 1.54) is 32.2 Å². The van der Waals surface area contributed by atoms with Crippen LogP contribution in [-0.2, 0) is 15.7 Å². The largest absolute Gasteiger partial charge is 0.490 e. The second-order valence-corrected chi connectivity index (χ2v) is 8.57. The summed E-state index contributed by atoms with van der Waals surface area (Å²) in [5.74, 6) is -1.10. The molecule has 1 fully saturated rings. The second-order valence-electron chi connectivity index (χ2n) is 8.57. The topological polar surface area (TPSA) is 96.2 Å². The molecule has 2 rings (SSSR count). The van der Waals surface area contributed by atoms with Crippen molar-refractivity contribution in [2.75, 3.05) is 13.7 Å². The van der Waals surface area contributed by atoms with Gasteiger partial charge in [-0.3, -0.25) is 4.79 Å². The van der Waals surface area contributed by atoms with E-state index >= 15 is 0 Å². The molecule has 0 spiro atoms. The molecule has 34 heavy (non-hydrogen) atoms. The summed E-state index contributed by atoms with van der Waals surface area (Å²) in [7, 11) is 1.32. The fourth-order valence-electron chi connectivity index (χ4n) is 3.73. The van der Waals surface area contributed by atoms with Gasteiger partial charge in [0, 0.05) is 18.8 Å². The summed E-state index contributed by atoms with van der Waals surface area (Å²) < 4.78 is 48.5. The van der Waals surface area contributed by atoms with E-state index in [0.29, 0.717) is 12.8 Å². The Hall–Kier alpha value is -2.58. The van der Waals surface area contributed by atoms with E-state index in [1.54, 1.807) is 18.2 Å². The SMILES string of the molecule is COC(=O)CCC=C=CC[C@@H]1[C@@H](C=CC(C)(O)COc2cccc(C(F)(F)F)c2)[C@H](O)C[C@@H]1O. The van der Waals surface area contributed by atoms with Crippen molar-refractivity contribution in [3.8, 4) is 5.75 Å². The van der Waals surface area contributed by atoms with Gasteiger partial charge in [0.05, 0.1) is 24.9 Å². The molecule has 0 aliphatic heterocycles. The number of alkyl halides is 3. The number of carbonyl (C=O) groups excluding carboxylic acids is 1. The van der Waals surface area contributed by atoms with Crippen LogP contribution >= 0.6 is 0 Å². The maximum atomic E-state index is 12.8. The molecule has 1 aliphatic carbocycles. The zero-order chi connectivity index (χ0) is 25.4. The van der Waals surface area contributed by atoms with Crippen molar-refractivity contribution >= 4 is 5.97 Å². The fraction of sp³-hybridized carbons (Fsp3) is 0.520. The minimum atomic E-state index is -4.50. The predicted octanol–water partition coefficient (Wildman–Crippen LogP) is 3.80. The van der Waals surface area contributed by atoms with Crippen LogP contribution in [0.25, 0.3) is 0 Å². The third-order valence-corrected chi connectivity index (χ3v) is 5.63. The summed E-state index contributed by atoms with van der Waals surface area (Å²) in [4.78, 5) is 11.1. The zero-order valence-electron chi connectivity index (χ0n) is 19.2. The summed E-state index contributed by atoms with van der Waals surface area (Å²) in [6, 6.07) is 4.38. The number of benzene rings is 1. The van der Waals surface area contributed by atoms with E-state index in [2.05, 4.69) is 10.5 Å². The van der Waals surface area contributed by atoms with Crippen molar-refractivity contribution in [3.63, 3.8) is 0 Å². The highest BCUT2D eigenvalue weighted by Crippen LogP contribution is 2.37. The minimum absolute atomic E-state index is 0.0261. The van der Waals surface area contributed by atoms with Crippen LogP contribution in [-0.4, -0.2) is 52.8 Å². The number of ether oxygens (including phenoxy) is 2. The average molecular weight is 485 g/mol. The standard InChI is InChI=1S/C25H31F3O6/c1-24(32,16-34-18-9-7-8-17(14-18)25(26,27)28)13-12-20-19(21(29)15-22(20)30)10-5-3-4-6-11-23(31)33-2/h4-5,7-9,12-14,19-22,29-30,32H,6,10-11,15-16H2,1-2H3/t3?,19-,20-,21+,22-,24?/m1/s1. The first-order chi connectivity index (χ1) is 15.9. The van der Waals surface area contributed by atoms with Gasteiger partial charge in [-0.15, -0.1) is 5.73 Å². The summed E-state index contributed by atoms with van der Waals surface area (Å²) >= 11 is 0. The normalized spacial score (nSPS) is 24.4. The van der Waals surface area contributed by atoms with Gasteiger partial charge in [0.1, 0.15) is 18.0 Å². The lowest BCUT2D eigenvalue weighted by atomic mass is 9.89. The van der Waals surface area contributed by atoms with Crippen LogP contribution in [0, 0.1) is 11.8 Å². The Morgan fingerprint density at radius 2 is 1.97 bits per heavy atom. The second kappa shape index (κ2) is 12.2. The molecule has 188 valence electrons. The summed E-state index contributed by atoms with van der Waals surface area (Å²) in [6.45, 7) is 1.14. The van der Waals surface area contributed by atoms with Gasteiger partial charge in [-0.2, -0.15) is 13.2 Å². The molecule has 9 heteroatoms. The monoisotopic (exact) mass is 484 g/mol. The fourth-order valence-corrected chi connectivity index (χ4v) is 3.73. The number of hydrogen-bond acceptors (Lipinski definition) is 6. The van der Waals surface area contributed by atoms with Gasteiger partial charge in [-0.25, -0.2) is 0 Å². The molecule has 0 radical (unpaired) electrons. The molecule has 0 aromatic heterocycles. The Morgan fingerprint density at radius 1 is 1.24 bits per heavy atom. The molecule has 3 N–H and O–H groups in total. The number of halogens is 3. The lowest BCUT2D eigenvalue weighted by Gasteiger charge is -2.23. The van der Waals surface area contributed by atoms with Crippen LogP contribution in [0.1, 0.15) is 38.2 Å². The number of carbonyl (C=O) groups is 1. The van der Waals surface area contributed by atoms with Gasteiger partial charge in [0.2, 0.25) is 0 Å². The number of methoxy groups -OCH3 is 1. The number of aliphatic hydroxyl groups is 3. The molecule has 0 amide bonds. The first kappa shape index (κ1) is 27.7. The molecular weight excluding hydrogens is 453 g/mol. The number of aliphatic hydroxyl groups excluding tert-OH is 2. The highest BCUT2D eigenvalue weighted by molar-refractivity contribution is 5.69. The molecule has 5 atom stereocenters. The first-order valence-corrected chi connectivity index (χ1v) is 11.0. The van der Waals surface area contributed by atoms with Gasteiger partial charge < -0.3 is 24.8 Å². The van der Waals surface area contributed by atoms with E-state index < -0.39 is 35.5 Å². The molecule has 0 bridgehead atoms. The Morgan fingerprint density at radius 3 is 2.65 bits per heavy atom. The van der Waals surface area contributed by atoms with Gasteiger partial charge in [0.15, 0.2) is 0 Å². The van der Waals surface area contributed by atoms with Crippen LogP contribution in [0.2, 0.25) is 0 Å². The maximum absolute atomic E-state index is 12.8. The van der Waals surface area contributed by atoms with Gasteiger partial charge >= 0.3 is 12.1 Å². The molecule has 0 heterocycles. The minimum Gasteiger partial charge on any atom is -0.490 e. The number of esters is 1. The maximum Gasteiger partial charge on any atom is 0.416 e. The summed E-state index contributed by atoms with van der Waals surface area (Å²) in [5, 5.41) is 31.3. The van der Waals surface area contributed by atoms with Gasteiger partial charge in [-0.05, 0) is 56.0 Å². The third-order valence-electron chi connectivity index (χ3n) is 5.63. The third kappa shape index (κ3) is 8.65. The first-order valence-electron chi connectivity index (χ1n) is 11.0. The van der Waals surface area contributed by atoms with Crippen LogP contribution in [0.15, 0.2) is 54.3 Å². The number of rotatable bonds is 10. The van der Waals surface area contributed by atoms with Gasteiger partial charge in [-0.1, -0.05) is 18.2 Å². The van der Waals surface area contributed by atoms with Crippen molar-refractivity contribution in [3.05, 3.63) is 59.9 Å². The smallest absolute Gasteiger partial charge is 0.416 e. The quantitative estimate of drug-likeness (QED) is 0.266. The van der Waals surface area contributed by atoms with E-state index in [1.807, 2.05) is 0 Å². The highest BCUT2D eigenvalue weighted by atomic mass is 19.4. The number of allylic oxidation sites excluding steroid dienone is 1. The lowest BCUT2D eigenvalue weighted by Crippen LogP contribution is -2.31. The molecule has 1 aliphatic rings. The Balaban J connectivity index is 1.97. The molecule has 6 nitrogen and oxygen atoms in total. The molecule has 1 saturated carbocycles. The van der Waals surface area contributed by atoms with E-state index in [-0.39, 0.29) is 37.1 Å². The lowest BCUT2D eigenvalue weighted by molar-refractivity contribution is -0.140. The van der Waals surface area contributed by atoms with Crippen molar-refractivity contribution in [1.29, 1.82) is 0 Å². The molecule has 1 aromatic carbocycles. The molecule has 1 unspecified atom stereocenters. The van der Waals surface area contributed by atoms with Crippen molar-refractivity contribution in [1.82, 2.24) is 0 Å². The Bertz CT molecular complexity index is 902. The number of hydrogen-bond donors (Lipinski definition) is 3. The Kier molecular flexibility index (Phi) is 9.94. The molecule has 1 aromatic rings. The summed E-state index contributed by atoms with van der Waals surface area (Å²) in [6.07, 6.45) is 1.70. The van der Waals surface area contributed by atoms with Crippen LogP contribution < -0.4 is 4.74 Å². The molecular formula is C25H31F3O6. The zero-order valence-corrected chi connectivity index (χ0v) is 19.2. The van der Waals surface area contributed by atoms with E-state index in [9.17, 15) is 33.3 Å². The highest BCUT2D eigenvalue weighted by Gasteiger charge is 2.39. The van der Waals surface area contributed by atoms with Gasteiger partial charge in [0.25, 0.3) is 0 Å². The van der Waals surface area contributed by atoms with Crippen molar-refractivity contribution < 1.29 is 42.8 Å². The molecule has 0 saturated heterocycles. The van der Waals surface area contributed by atoms with E-state index in [0.717, 1.165) is 12.1 Å². The van der Waals surface area contributed by atoms with Crippen molar-refractivity contribution in [2.24, 2.45) is 11.8 Å². The summed E-state index contributed by atoms with van der Waals surface area (Å²) in [5.41, 5.74) is 0.583. The average Bonchev–Trinajstić information content (AvgIpc) is 3.05.